The maximum absolute atomic E-state index is 12.0. The highest BCUT2D eigenvalue weighted by Crippen LogP contribution is 2.27. The molecule has 1 amide bonds. The van der Waals surface area contributed by atoms with Gasteiger partial charge in [0.1, 0.15) is 0 Å². The molecule has 0 radical (unpaired) electrons. The second-order valence-corrected chi connectivity index (χ2v) is 5.97. The molecule has 0 aliphatic rings. The van der Waals surface area contributed by atoms with Gasteiger partial charge in [-0.05, 0) is 38.5 Å². The van der Waals surface area contributed by atoms with E-state index in [1.54, 1.807) is 25.1 Å². The molecular weight excluding hydrogens is 262 g/mol. The summed E-state index contributed by atoms with van der Waals surface area (Å²) in [6.45, 7) is 7.54. The number of amides is 1. The van der Waals surface area contributed by atoms with E-state index in [2.05, 4.69) is 25.7 Å². The molecule has 2 N–H and O–H groups in total. The van der Waals surface area contributed by atoms with Gasteiger partial charge in [-0.1, -0.05) is 19.8 Å². The van der Waals surface area contributed by atoms with Gasteiger partial charge < -0.3 is 15.5 Å². The van der Waals surface area contributed by atoms with Crippen molar-refractivity contribution in [2.45, 2.75) is 46.1 Å². The Hall–Kier alpha value is -1.71. The Morgan fingerprint density at radius 2 is 1.90 bits per heavy atom. The number of carbonyl (C=O) groups is 1. The molecule has 118 valence electrons. The Labute approximate surface area is 128 Å². The van der Waals surface area contributed by atoms with Crippen molar-refractivity contribution in [2.24, 2.45) is 0 Å². The van der Waals surface area contributed by atoms with Crippen LogP contribution in [0.4, 0.5) is 11.4 Å². The maximum Gasteiger partial charge on any atom is 0.253 e. The molecule has 0 aromatic heterocycles. The summed E-state index contributed by atoms with van der Waals surface area (Å²) in [6.07, 6.45) is 3.59. The van der Waals surface area contributed by atoms with E-state index >= 15 is 0 Å². The summed E-state index contributed by atoms with van der Waals surface area (Å²) in [4.78, 5) is 15.9. The van der Waals surface area contributed by atoms with Gasteiger partial charge in [0.15, 0.2) is 0 Å². The van der Waals surface area contributed by atoms with E-state index in [1.165, 1.54) is 12.8 Å². The van der Waals surface area contributed by atoms with Gasteiger partial charge in [0.2, 0.25) is 0 Å². The topological polar surface area (TPSA) is 49.6 Å². The monoisotopic (exact) mass is 291 g/mol. The highest BCUT2D eigenvalue weighted by atomic mass is 16.2. The summed E-state index contributed by atoms with van der Waals surface area (Å²) < 4.78 is 0. The van der Waals surface area contributed by atoms with E-state index in [0.717, 1.165) is 18.7 Å². The van der Waals surface area contributed by atoms with Crippen LogP contribution < -0.4 is 10.6 Å². The first kappa shape index (κ1) is 17.3. The minimum absolute atomic E-state index is 0.0182. The fourth-order valence-electron chi connectivity index (χ4n) is 2.40. The third kappa shape index (κ3) is 4.66. The van der Waals surface area contributed by atoms with Gasteiger partial charge in [-0.2, -0.15) is 0 Å². The number of anilines is 2. The Morgan fingerprint density at radius 3 is 2.38 bits per heavy atom. The number of benzene rings is 1. The van der Waals surface area contributed by atoms with Crippen LogP contribution in [0.2, 0.25) is 0 Å². The standard InChI is InChI=1S/C17H29N3O/c1-6-7-8-11-20(13(2)3)16-10-9-14(12-15(16)18)17(21)19(4)5/h9-10,12-13H,6-8,11,18H2,1-5H3. The fourth-order valence-corrected chi connectivity index (χ4v) is 2.40. The molecule has 0 heterocycles. The molecule has 0 saturated heterocycles. The van der Waals surface area contributed by atoms with Crippen LogP contribution in [0.25, 0.3) is 0 Å². The van der Waals surface area contributed by atoms with E-state index in [1.807, 2.05) is 12.1 Å². The number of unbranched alkanes of at least 4 members (excludes halogenated alkanes) is 2. The lowest BCUT2D eigenvalue weighted by molar-refractivity contribution is 0.0827. The van der Waals surface area contributed by atoms with Gasteiger partial charge in [-0.15, -0.1) is 0 Å². The predicted molar refractivity (Wildman–Crippen MR) is 90.9 cm³/mol. The summed E-state index contributed by atoms with van der Waals surface area (Å²) in [5.74, 6) is -0.0182. The molecule has 21 heavy (non-hydrogen) atoms. The summed E-state index contributed by atoms with van der Waals surface area (Å²) in [6, 6.07) is 6.01. The third-order valence-electron chi connectivity index (χ3n) is 3.62. The van der Waals surface area contributed by atoms with Gasteiger partial charge in [0.05, 0.1) is 11.4 Å². The summed E-state index contributed by atoms with van der Waals surface area (Å²) >= 11 is 0. The Morgan fingerprint density at radius 1 is 1.24 bits per heavy atom. The SMILES string of the molecule is CCCCCN(c1ccc(C(=O)N(C)C)cc1N)C(C)C. The summed E-state index contributed by atoms with van der Waals surface area (Å²) in [5.41, 5.74) is 8.53. The Balaban J connectivity index is 2.97. The maximum atomic E-state index is 12.0. The van der Waals surface area contributed by atoms with Gasteiger partial charge in [0.25, 0.3) is 5.91 Å². The zero-order chi connectivity index (χ0) is 16.0. The molecule has 1 rings (SSSR count). The Kier molecular flexibility index (Phi) is 6.53. The van der Waals surface area contributed by atoms with Gasteiger partial charge >= 0.3 is 0 Å². The van der Waals surface area contributed by atoms with E-state index < -0.39 is 0 Å². The zero-order valence-corrected chi connectivity index (χ0v) is 14.0. The number of nitrogens with zero attached hydrogens (tertiary/aromatic N) is 2. The predicted octanol–water partition coefficient (Wildman–Crippen LogP) is 3.38. The van der Waals surface area contributed by atoms with Crippen molar-refractivity contribution >= 4 is 17.3 Å². The molecule has 4 heteroatoms. The molecule has 0 fully saturated rings. The second kappa shape index (κ2) is 7.91. The van der Waals surface area contributed by atoms with Gasteiger partial charge in [-0.25, -0.2) is 0 Å². The number of rotatable bonds is 7. The van der Waals surface area contributed by atoms with Crippen LogP contribution in [-0.4, -0.2) is 37.5 Å². The normalized spacial score (nSPS) is 10.8. The van der Waals surface area contributed by atoms with Gasteiger partial charge in [-0.3, -0.25) is 4.79 Å². The fraction of sp³-hybridized carbons (Fsp3) is 0.588. The van der Waals surface area contributed by atoms with Crippen molar-refractivity contribution in [3.8, 4) is 0 Å². The van der Waals surface area contributed by atoms with Crippen molar-refractivity contribution < 1.29 is 4.79 Å². The molecule has 0 aliphatic carbocycles. The summed E-state index contributed by atoms with van der Waals surface area (Å²) in [7, 11) is 3.50. The molecule has 0 saturated carbocycles. The molecule has 0 unspecified atom stereocenters. The van der Waals surface area contributed by atoms with Crippen LogP contribution in [0.15, 0.2) is 18.2 Å². The second-order valence-electron chi connectivity index (χ2n) is 5.97. The first-order valence-corrected chi connectivity index (χ1v) is 7.76. The minimum Gasteiger partial charge on any atom is -0.397 e. The molecule has 1 aromatic rings. The number of carbonyl (C=O) groups excluding carboxylic acids is 1. The lowest BCUT2D eigenvalue weighted by atomic mass is 10.1. The van der Waals surface area contributed by atoms with Crippen molar-refractivity contribution in [3.63, 3.8) is 0 Å². The minimum atomic E-state index is -0.0182. The molecular formula is C17H29N3O. The third-order valence-corrected chi connectivity index (χ3v) is 3.62. The lowest BCUT2D eigenvalue weighted by Crippen LogP contribution is -2.32. The first-order chi connectivity index (χ1) is 9.88. The van der Waals surface area contributed by atoms with E-state index in [0.29, 0.717) is 17.3 Å². The number of hydrogen-bond donors (Lipinski definition) is 1. The number of nitrogens with two attached hydrogens (primary N) is 1. The van der Waals surface area contributed by atoms with Crippen LogP contribution >= 0.6 is 0 Å². The number of hydrogen-bond acceptors (Lipinski definition) is 3. The van der Waals surface area contributed by atoms with Crippen LogP contribution in [0.1, 0.15) is 50.4 Å². The smallest absolute Gasteiger partial charge is 0.253 e. The Bertz CT molecular complexity index is 469. The van der Waals surface area contributed by atoms with E-state index in [4.69, 9.17) is 5.73 Å². The lowest BCUT2D eigenvalue weighted by Gasteiger charge is -2.30. The van der Waals surface area contributed by atoms with Crippen molar-refractivity contribution in [1.82, 2.24) is 4.90 Å². The average molecular weight is 291 g/mol. The van der Waals surface area contributed by atoms with Crippen LogP contribution in [0.3, 0.4) is 0 Å². The molecule has 0 bridgehead atoms. The highest BCUT2D eigenvalue weighted by molar-refractivity contribution is 5.95. The largest absolute Gasteiger partial charge is 0.397 e. The van der Waals surface area contributed by atoms with Crippen molar-refractivity contribution in [1.29, 1.82) is 0 Å². The first-order valence-electron chi connectivity index (χ1n) is 7.76. The highest BCUT2D eigenvalue weighted by Gasteiger charge is 2.15. The zero-order valence-electron chi connectivity index (χ0n) is 14.0. The van der Waals surface area contributed by atoms with Crippen LogP contribution in [0, 0.1) is 0 Å². The number of nitrogen functional groups attached to an aromatic ring is 1. The molecule has 0 spiro atoms. The van der Waals surface area contributed by atoms with Crippen molar-refractivity contribution in [2.75, 3.05) is 31.3 Å². The molecule has 4 nitrogen and oxygen atoms in total. The quantitative estimate of drug-likeness (QED) is 0.619. The van der Waals surface area contributed by atoms with Crippen molar-refractivity contribution in [3.05, 3.63) is 23.8 Å². The van der Waals surface area contributed by atoms with E-state index in [9.17, 15) is 4.79 Å². The molecule has 0 atom stereocenters. The van der Waals surface area contributed by atoms with Crippen LogP contribution in [-0.2, 0) is 0 Å². The summed E-state index contributed by atoms with van der Waals surface area (Å²) in [5, 5.41) is 0. The van der Waals surface area contributed by atoms with E-state index in [-0.39, 0.29) is 5.91 Å². The van der Waals surface area contributed by atoms with Crippen LogP contribution in [0.5, 0.6) is 0 Å². The molecule has 0 aliphatic heterocycles. The average Bonchev–Trinajstić information content (AvgIpc) is 2.43. The van der Waals surface area contributed by atoms with Gasteiger partial charge in [0, 0.05) is 32.2 Å². The molecule has 1 aromatic carbocycles.